The SMILES string of the molecule is CCOC(=CN1CCOCC1)C(F)(F)F. The molecule has 1 aliphatic heterocycles. The maximum atomic E-state index is 12.4. The van der Waals surface area contributed by atoms with Crippen LogP contribution < -0.4 is 0 Å². The molecule has 0 unspecified atom stereocenters. The van der Waals surface area contributed by atoms with Crippen LogP contribution in [0.15, 0.2) is 12.0 Å². The van der Waals surface area contributed by atoms with E-state index < -0.39 is 11.9 Å². The van der Waals surface area contributed by atoms with Gasteiger partial charge in [-0.05, 0) is 6.92 Å². The van der Waals surface area contributed by atoms with Crippen molar-refractivity contribution in [3.8, 4) is 0 Å². The van der Waals surface area contributed by atoms with Crippen LogP contribution in [0.3, 0.4) is 0 Å². The van der Waals surface area contributed by atoms with Crippen molar-refractivity contribution in [3.63, 3.8) is 0 Å². The largest absolute Gasteiger partial charge is 0.488 e. The molecule has 0 aromatic heterocycles. The van der Waals surface area contributed by atoms with Gasteiger partial charge in [-0.15, -0.1) is 0 Å². The van der Waals surface area contributed by atoms with E-state index in [0.29, 0.717) is 26.3 Å². The number of nitrogens with zero attached hydrogens (tertiary/aromatic N) is 1. The predicted octanol–water partition coefficient (Wildman–Crippen LogP) is 1.76. The van der Waals surface area contributed by atoms with Crippen LogP contribution in [0.2, 0.25) is 0 Å². The Kier molecular flexibility index (Phi) is 4.26. The Balaban J connectivity index is 2.64. The summed E-state index contributed by atoms with van der Waals surface area (Å²) >= 11 is 0. The number of hydrogen-bond donors (Lipinski definition) is 0. The Hall–Kier alpha value is -0.910. The number of halogens is 3. The van der Waals surface area contributed by atoms with Crippen LogP contribution in [0.5, 0.6) is 0 Å². The van der Waals surface area contributed by atoms with E-state index in [9.17, 15) is 13.2 Å². The number of allylic oxidation sites excluding steroid dienone is 1. The fraction of sp³-hybridized carbons (Fsp3) is 0.778. The van der Waals surface area contributed by atoms with Crippen molar-refractivity contribution in [1.29, 1.82) is 0 Å². The summed E-state index contributed by atoms with van der Waals surface area (Å²) in [5, 5.41) is 0. The zero-order valence-electron chi connectivity index (χ0n) is 8.51. The van der Waals surface area contributed by atoms with Gasteiger partial charge in [-0.3, -0.25) is 0 Å². The van der Waals surface area contributed by atoms with E-state index in [1.807, 2.05) is 0 Å². The lowest BCUT2D eigenvalue weighted by atomic mass is 10.4. The summed E-state index contributed by atoms with van der Waals surface area (Å²) in [6.07, 6.45) is -3.40. The van der Waals surface area contributed by atoms with Gasteiger partial charge in [0.05, 0.1) is 19.8 Å². The van der Waals surface area contributed by atoms with Crippen LogP contribution in [0, 0.1) is 0 Å². The van der Waals surface area contributed by atoms with Crippen LogP contribution in [-0.4, -0.2) is 44.0 Å². The lowest BCUT2D eigenvalue weighted by Gasteiger charge is -2.26. The Morgan fingerprint density at radius 3 is 2.47 bits per heavy atom. The molecular weight excluding hydrogens is 211 g/mol. The first-order valence-electron chi connectivity index (χ1n) is 4.77. The van der Waals surface area contributed by atoms with Gasteiger partial charge >= 0.3 is 6.18 Å². The molecule has 0 bridgehead atoms. The highest BCUT2D eigenvalue weighted by molar-refractivity contribution is 5.00. The molecule has 1 heterocycles. The van der Waals surface area contributed by atoms with E-state index in [1.54, 1.807) is 4.90 Å². The number of alkyl halides is 3. The fourth-order valence-electron chi connectivity index (χ4n) is 1.22. The van der Waals surface area contributed by atoms with Gasteiger partial charge in [-0.25, -0.2) is 0 Å². The molecule has 0 aromatic rings. The zero-order chi connectivity index (χ0) is 11.3. The Labute approximate surface area is 86.4 Å². The van der Waals surface area contributed by atoms with Crippen molar-refractivity contribution >= 4 is 0 Å². The maximum Gasteiger partial charge on any atom is 0.450 e. The molecule has 6 heteroatoms. The quantitative estimate of drug-likeness (QED) is 0.683. The second-order valence-electron chi connectivity index (χ2n) is 3.07. The second-order valence-corrected chi connectivity index (χ2v) is 3.07. The molecule has 0 aromatic carbocycles. The van der Waals surface area contributed by atoms with Crippen molar-refractivity contribution in [2.45, 2.75) is 13.1 Å². The van der Waals surface area contributed by atoms with Crippen molar-refractivity contribution in [2.24, 2.45) is 0 Å². The highest BCUT2D eigenvalue weighted by Gasteiger charge is 2.36. The summed E-state index contributed by atoms with van der Waals surface area (Å²) in [7, 11) is 0. The molecule has 1 aliphatic rings. The smallest absolute Gasteiger partial charge is 0.450 e. The Bertz CT molecular complexity index is 222. The molecule has 0 atom stereocenters. The zero-order valence-corrected chi connectivity index (χ0v) is 8.51. The average molecular weight is 225 g/mol. The Morgan fingerprint density at radius 2 is 2.00 bits per heavy atom. The summed E-state index contributed by atoms with van der Waals surface area (Å²) in [6, 6.07) is 0. The molecule has 1 saturated heterocycles. The fourth-order valence-corrected chi connectivity index (χ4v) is 1.22. The van der Waals surface area contributed by atoms with Gasteiger partial charge in [0.1, 0.15) is 0 Å². The topological polar surface area (TPSA) is 21.7 Å². The molecule has 15 heavy (non-hydrogen) atoms. The molecule has 0 radical (unpaired) electrons. The van der Waals surface area contributed by atoms with Crippen LogP contribution in [0.4, 0.5) is 13.2 Å². The van der Waals surface area contributed by atoms with Gasteiger partial charge in [0.15, 0.2) is 0 Å². The predicted molar refractivity (Wildman–Crippen MR) is 48.2 cm³/mol. The standard InChI is InChI=1S/C9H14F3NO2/c1-2-15-8(9(10,11)12)7-13-3-5-14-6-4-13/h7H,2-6H2,1H3. The van der Waals surface area contributed by atoms with E-state index in [2.05, 4.69) is 4.74 Å². The van der Waals surface area contributed by atoms with Gasteiger partial charge < -0.3 is 14.4 Å². The highest BCUT2D eigenvalue weighted by atomic mass is 19.4. The molecule has 0 saturated carbocycles. The lowest BCUT2D eigenvalue weighted by Crippen LogP contribution is -2.33. The summed E-state index contributed by atoms with van der Waals surface area (Å²) in [4.78, 5) is 1.56. The molecule has 88 valence electrons. The number of morpholine rings is 1. The number of ether oxygens (including phenoxy) is 2. The second kappa shape index (κ2) is 5.25. The van der Waals surface area contributed by atoms with Gasteiger partial charge in [0, 0.05) is 19.3 Å². The summed E-state index contributed by atoms with van der Waals surface area (Å²) in [5.41, 5.74) is 0. The Morgan fingerprint density at radius 1 is 1.40 bits per heavy atom. The summed E-state index contributed by atoms with van der Waals surface area (Å²) in [5.74, 6) is -0.938. The van der Waals surface area contributed by atoms with E-state index in [-0.39, 0.29) is 6.61 Å². The van der Waals surface area contributed by atoms with Crippen LogP contribution in [0.25, 0.3) is 0 Å². The van der Waals surface area contributed by atoms with E-state index in [0.717, 1.165) is 6.20 Å². The molecule has 3 nitrogen and oxygen atoms in total. The van der Waals surface area contributed by atoms with Crippen LogP contribution >= 0.6 is 0 Å². The summed E-state index contributed by atoms with van der Waals surface area (Å²) in [6.45, 7) is 3.37. The first-order valence-corrected chi connectivity index (χ1v) is 4.77. The van der Waals surface area contributed by atoms with Crippen LogP contribution in [-0.2, 0) is 9.47 Å². The number of rotatable bonds is 3. The minimum Gasteiger partial charge on any atom is -0.488 e. The molecule has 0 N–H and O–H groups in total. The van der Waals surface area contributed by atoms with Crippen molar-refractivity contribution in [3.05, 3.63) is 12.0 Å². The van der Waals surface area contributed by atoms with E-state index in [4.69, 9.17) is 4.74 Å². The lowest BCUT2D eigenvalue weighted by molar-refractivity contribution is -0.132. The van der Waals surface area contributed by atoms with Gasteiger partial charge in [-0.2, -0.15) is 13.2 Å². The van der Waals surface area contributed by atoms with Gasteiger partial charge in [0.2, 0.25) is 5.76 Å². The van der Waals surface area contributed by atoms with Crippen molar-refractivity contribution in [1.82, 2.24) is 4.90 Å². The van der Waals surface area contributed by atoms with Crippen molar-refractivity contribution < 1.29 is 22.6 Å². The third kappa shape index (κ3) is 3.99. The van der Waals surface area contributed by atoms with E-state index in [1.165, 1.54) is 6.92 Å². The molecule has 1 rings (SSSR count). The maximum absolute atomic E-state index is 12.4. The van der Waals surface area contributed by atoms with E-state index >= 15 is 0 Å². The third-order valence-electron chi connectivity index (χ3n) is 1.92. The third-order valence-corrected chi connectivity index (χ3v) is 1.92. The molecular formula is C9H14F3NO2. The van der Waals surface area contributed by atoms with Gasteiger partial charge in [-0.1, -0.05) is 0 Å². The first-order chi connectivity index (χ1) is 7.04. The molecule has 1 fully saturated rings. The first kappa shape index (κ1) is 12.2. The molecule has 0 spiro atoms. The van der Waals surface area contributed by atoms with Crippen LogP contribution in [0.1, 0.15) is 6.92 Å². The average Bonchev–Trinajstić information content (AvgIpc) is 2.17. The minimum atomic E-state index is -4.42. The molecule has 0 aliphatic carbocycles. The highest BCUT2D eigenvalue weighted by Crippen LogP contribution is 2.26. The minimum absolute atomic E-state index is 0.00961. The molecule has 0 amide bonds. The van der Waals surface area contributed by atoms with Gasteiger partial charge in [0.25, 0.3) is 0 Å². The normalized spacial score (nSPS) is 19.2. The summed E-state index contributed by atoms with van der Waals surface area (Å²) < 4.78 is 46.8. The number of hydrogen-bond acceptors (Lipinski definition) is 3. The van der Waals surface area contributed by atoms with Crippen molar-refractivity contribution in [2.75, 3.05) is 32.9 Å². The monoisotopic (exact) mass is 225 g/mol.